The first-order valence-corrected chi connectivity index (χ1v) is 9.66. The number of sulfonamides is 1. The fraction of sp³-hybridized carbons (Fsp3) is 0.250. The molecule has 6 nitrogen and oxygen atoms in total. The van der Waals surface area contributed by atoms with Crippen LogP contribution in [0.15, 0.2) is 41.3 Å². The summed E-state index contributed by atoms with van der Waals surface area (Å²) in [5, 5.41) is -0.110. The Hall–Kier alpha value is -1.83. The molecule has 0 radical (unpaired) electrons. The Balaban J connectivity index is 2.35. The lowest BCUT2D eigenvalue weighted by Gasteiger charge is -2.21. The summed E-state index contributed by atoms with van der Waals surface area (Å²) in [5.74, 6) is -0.0925. The molecule has 0 saturated carbocycles. The van der Waals surface area contributed by atoms with Crippen LogP contribution in [0.5, 0.6) is 0 Å². The van der Waals surface area contributed by atoms with E-state index in [-0.39, 0.29) is 27.7 Å². The molecule has 0 atom stereocenters. The van der Waals surface area contributed by atoms with Gasteiger partial charge in [0.05, 0.1) is 5.69 Å². The van der Waals surface area contributed by atoms with Crippen LogP contribution in [0.4, 0.5) is 5.69 Å². The van der Waals surface area contributed by atoms with Crippen molar-refractivity contribution in [3.63, 3.8) is 0 Å². The van der Waals surface area contributed by atoms with E-state index in [4.69, 9.17) is 23.2 Å². The maximum absolute atomic E-state index is 12.6. The Kier molecular flexibility index (Phi) is 6.26. The normalized spacial score (nSPS) is 11.2. The molecule has 1 aromatic heterocycles. The molecule has 0 aliphatic rings. The second-order valence-corrected chi connectivity index (χ2v) is 7.61. The Bertz CT molecular complexity index is 888. The fourth-order valence-corrected chi connectivity index (χ4v) is 3.97. The molecule has 2 rings (SSSR count). The summed E-state index contributed by atoms with van der Waals surface area (Å²) in [5.41, 5.74) is 1.04. The van der Waals surface area contributed by atoms with Crippen LogP contribution in [0.2, 0.25) is 10.3 Å². The van der Waals surface area contributed by atoms with Crippen LogP contribution in [0.1, 0.15) is 19.4 Å². The Morgan fingerprint density at radius 3 is 2.48 bits per heavy atom. The van der Waals surface area contributed by atoms with E-state index in [1.54, 1.807) is 29.2 Å². The van der Waals surface area contributed by atoms with Gasteiger partial charge < -0.3 is 4.90 Å². The average Bonchev–Trinajstić information content (AvgIpc) is 2.52. The van der Waals surface area contributed by atoms with E-state index >= 15 is 0 Å². The van der Waals surface area contributed by atoms with Gasteiger partial charge in [0.2, 0.25) is 5.91 Å². The number of aromatic nitrogens is 1. The monoisotopic (exact) mass is 401 g/mol. The van der Waals surface area contributed by atoms with Crippen molar-refractivity contribution in [3.8, 4) is 0 Å². The van der Waals surface area contributed by atoms with Crippen LogP contribution >= 0.6 is 23.2 Å². The minimum atomic E-state index is -3.95. The lowest BCUT2D eigenvalue weighted by molar-refractivity contribution is -0.129. The van der Waals surface area contributed by atoms with Crippen molar-refractivity contribution in [1.82, 2.24) is 9.88 Å². The van der Waals surface area contributed by atoms with Crippen molar-refractivity contribution in [2.75, 3.05) is 11.3 Å². The van der Waals surface area contributed by atoms with Gasteiger partial charge in [-0.15, -0.1) is 0 Å². The molecule has 0 spiro atoms. The Labute approximate surface area is 156 Å². The third-order valence-corrected chi connectivity index (χ3v) is 5.53. The third-order valence-electron chi connectivity index (χ3n) is 3.52. The van der Waals surface area contributed by atoms with Gasteiger partial charge in [-0.3, -0.25) is 9.52 Å². The predicted molar refractivity (Wildman–Crippen MR) is 98.3 cm³/mol. The van der Waals surface area contributed by atoms with Gasteiger partial charge in [0.15, 0.2) is 5.15 Å². The van der Waals surface area contributed by atoms with Crippen molar-refractivity contribution in [2.24, 2.45) is 0 Å². The molecule has 0 unspecified atom stereocenters. The van der Waals surface area contributed by atoms with Gasteiger partial charge in [-0.1, -0.05) is 41.4 Å². The van der Waals surface area contributed by atoms with Gasteiger partial charge in [0, 0.05) is 20.0 Å². The fourth-order valence-electron chi connectivity index (χ4n) is 2.21. The van der Waals surface area contributed by atoms with Crippen LogP contribution in [0.3, 0.4) is 0 Å². The predicted octanol–water partition coefficient (Wildman–Crippen LogP) is 3.56. The van der Waals surface area contributed by atoms with E-state index in [0.717, 1.165) is 0 Å². The maximum Gasteiger partial charge on any atom is 0.264 e. The van der Waals surface area contributed by atoms with Crippen LogP contribution < -0.4 is 4.72 Å². The van der Waals surface area contributed by atoms with E-state index in [9.17, 15) is 13.2 Å². The summed E-state index contributed by atoms with van der Waals surface area (Å²) in [4.78, 5) is 16.8. The molecular formula is C16H17Cl2N3O3S. The highest BCUT2D eigenvalue weighted by molar-refractivity contribution is 7.92. The first kappa shape index (κ1) is 19.5. The van der Waals surface area contributed by atoms with Gasteiger partial charge in [0.1, 0.15) is 10.0 Å². The number of nitrogens with one attached hydrogen (secondary N) is 1. The zero-order valence-corrected chi connectivity index (χ0v) is 16.0. The largest absolute Gasteiger partial charge is 0.339 e. The number of nitrogens with zero attached hydrogens (tertiary/aromatic N) is 2. The number of para-hydroxylation sites is 1. The molecule has 0 aliphatic carbocycles. The molecule has 1 N–H and O–H groups in total. The lowest BCUT2D eigenvalue weighted by atomic mass is 10.1. The van der Waals surface area contributed by atoms with E-state index < -0.39 is 10.0 Å². The molecule has 1 heterocycles. The zero-order chi connectivity index (χ0) is 18.6. The minimum Gasteiger partial charge on any atom is -0.339 e. The number of anilines is 1. The molecule has 9 heteroatoms. The first-order valence-electron chi connectivity index (χ1n) is 7.43. The molecule has 1 aromatic carbocycles. The number of hydrogen-bond acceptors (Lipinski definition) is 4. The summed E-state index contributed by atoms with van der Waals surface area (Å²) in [7, 11) is -3.95. The van der Waals surface area contributed by atoms with Crippen molar-refractivity contribution in [3.05, 3.63) is 52.3 Å². The van der Waals surface area contributed by atoms with E-state index in [0.29, 0.717) is 17.8 Å². The molecule has 134 valence electrons. The quantitative estimate of drug-likeness (QED) is 0.750. The molecule has 25 heavy (non-hydrogen) atoms. The van der Waals surface area contributed by atoms with Crippen LogP contribution in [0.25, 0.3) is 0 Å². The summed E-state index contributed by atoms with van der Waals surface area (Å²) in [6.45, 7) is 4.13. The van der Waals surface area contributed by atoms with Gasteiger partial charge >= 0.3 is 0 Å². The van der Waals surface area contributed by atoms with E-state index in [1.165, 1.54) is 19.1 Å². The Morgan fingerprint density at radius 1 is 1.20 bits per heavy atom. The number of benzene rings is 1. The van der Waals surface area contributed by atoms with Gasteiger partial charge in [-0.2, -0.15) is 0 Å². The van der Waals surface area contributed by atoms with Crippen molar-refractivity contribution in [1.29, 1.82) is 0 Å². The summed E-state index contributed by atoms with van der Waals surface area (Å²) < 4.78 is 27.7. The number of carbonyl (C=O) groups excluding carboxylic acids is 1. The highest BCUT2D eigenvalue weighted by Crippen LogP contribution is 2.26. The topological polar surface area (TPSA) is 79.4 Å². The first-order chi connectivity index (χ1) is 11.7. The molecule has 1 amide bonds. The maximum atomic E-state index is 12.6. The second kappa shape index (κ2) is 8.03. The molecule has 0 fully saturated rings. The molecule has 0 bridgehead atoms. The smallest absolute Gasteiger partial charge is 0.264 e. The van der Waals surface area contributed by atoms with Crippen molar-refractivity contribution >= 4 is 44.8 Å². The molecule has 0 aliphatic heterocycles. The molecule has 0 saturated heterocycles. The summed E-state index contributed by atoms with van der Waals surface area (Å²) in [6, 6.07) is 9.49. The zero-order valence-electron chi connectivity index (χ0n) is 13.7. The standard InChI is InChI=1S/C16H17Cl2N3O3S/c1-3-21(11(2)22)10-12-6-4-5-7-13(12)20-25(23,24)14-8-9-15(17)19-16(14)18/h4-9,20H,3,10H2,1-2H3. The number of pyridine rings is 1. The number of amides is 1. The Morgan fingerprint density at radius 2 is 1.88 bits per heavy atom. The number of rotatable bonds is 6. The highest BCUT2D eigenvalue weighted by atomic mass is 35.5. The number of carbonyl (C=O) groups is 1. The lowest BCUT2D eigenvalue weighted by Crippen LogP contribution is -2.28. The molecular weight excluding hydrogens is 385 g/mol. The van der Waals surface area contributed by atoms with E-state index in [1.807, 2.05) is 6.92 Å². The number of hydrogen-bond donors (Lipinski definition) is 1. The summed E-state index contributed by atoms with van der Waals surface area (Å²) in [6.07, 6.45) is 0. The van der Waals surface area contributed by atoms with Crippen LogP contribution in [-0.2, 0) is 21.4 Å². The highest BCUT2D eigenvalue weighted by Gasteiger charge is 2.21. The van der Waals surface area contributed by atoms with E-state index in [2.05, 4.69) is 9.71 Å². The second-order valence-electron chi connectivity index (χ2n) is 5.22. The van der Waals surface area contributed by atoms with Gasteiger partial charge in [-0.25, -0.2) is 13.4 Å². The number of halogens is 2. The van der Waals surface area contributed by atoms with Crippen molar-refractivity contribution in [2.45, 2.75) is 25.3 Å². The van der Waals surface area contributed by atoms with Crippen molar-refractivity contribution < 1.29 is 13.2 Å². The van der Waals surface area contributed by atoms with Crippen LogP contribution in [-0.4, -0.2) is 30.8 Å². The third kappa shape index (κ3) is 4.84. The SMILES string of the molecule is CCN(Cc1ccccc1NS(=O)(=O)c1ccc(Cl)nc1Cl)C(C)=O. The van der Waals surface area contributed by atoms with Crippen LogP contribution in [0, 0.1) is 0 Å². The van der Waals surface area contributed by atoms with Gasteiger partial charge in [0.25, 0.3) is 10.0 Å². The van der Waals surface area contributed by atoms with Gasteiger partial charge in [-0.05, 0) is 30.7 Å². The molecule has 2 aromatic rings. The minimum absolute atomic E-state index is 0.0925. The summed E-state index contributed by atoms with van der Waals surface area (Å²) >= 11 is 11.6. The average molecular weight is 402 g/mol.